The van der Waals surface area contributed by atoms with E-state index in [4.69, 9.17) is 0 Å². The molecule has 0 aliphatic carbocycles. The number of H-pyrrole nitrogens is 1. The van der Waals surface area contributed by atoms with Crippen molar-refractivity contribution in [1.82, 2.24) is 15.3 Å². The van der Waals surface area contributed by atoms with Crippen LogP contribution in [-0.2, 0) is 17.8 Å². The molecule has 3 aromatic rings. The van der Waals surface area contributed by atoms with Gasteiger partial charge in [-0.2, -0.15) is 0 Å². The standard InChI is InChI=1S/C16H17N3OS2/c1-2-21-16-19-12(10-22-16)8-15(20)18-9-11-4-3-5-14-13(11)6-7-17-14/h3-7,10,17H,2,8-9H2,1H3,(H,18,20). The predicted molar refractivity (Wildman–Crippen MR) is 92.4 cm³/mol. The predicted octanol–water partition coefficient (Wildman–Crippen LogP) is 3.60. The molecule has 4 nitrogen and oxygen atoms in total. The van der Waals surface area contributed by atoms with Crippen LogP contribution < -0.4 is 5.32 Å². The molecule has 0 bridgehead atoms. The number of rotatable bonds is 6. The summed E-state index contributed by atoms with van der Waals surface area (Å²) in [7, 11) is 0. The maximum atomic E-state index is 12.1. The highest BCUT2D eigenvalue weighted by Gasteiger charge is 2.09. The number of nitrogens with one attached hydrogen (secondary N) is 2. The minimum Gasteiger partial charge on any atom is -0.361 e. The summed E-state index contributed by atoms with van der Waals surface area (Å²) in [5.74, 6) is 1.01. The maximum absolute atomic E-state index is 12.1. The third kappa shape index (κ3) is 3.51. The van der Waals surface area contributed by atoms with E-state index in [1.54, 1.807) is 23.1 Å². The Morgan fingerprint density at radius 2 is 2.32 bits per heavy atom. The Kier molecular flexibility index (Phi) is 4.80. The quantitative estimate of drug-likeness (QED) is 0.679. The van der Waals surface area contributed by atoms with Crippen LogP contribution in [0, 0.1) is 0 Å². The van der Waals surface area contributed by atoms with Crippen molar-refractivity contribution < 1.29 is 4.79 Å². The van der Waals surface area contributed by atoms with Gasteiger partial charge in [0.15, 0.2) is 0 Å². The molecule has 0 fully saturated rings. The lowest BCUT2D eigenvalue weighted by atomic mass is 10.1. The smallest absolute Gasteiger partial charge is 0.226 e. The average Bonchev–Trinajstić information content (AvgIpc) is 3.15. The zero-order valence-corrected chi connectivity index (χ0v) is 13.9. The van der Waals surface area contributed by atoms with Crippen molar-refractivity contribution in [2.75, 3.05) is 5.75 Å². The Labute approximate surface area is 137 Å². The number of fused-ring (bicyclic) bond motifs is 1. The van der Waals surface area contributed by atoms with Gasteiger partial charge in [0.2, 0.25) is 5.91 Å². The van der Waals surface area contributed by atoms with Crippen molar-refractivity contribution >= 4 is 39.9 Å². The normalized spacial score (nSPS) is 11.0. The minimum atomic E-state index is 0.00545. The monoisotopic (exact) mass is 331 g/mol. The van der Waals surface area contributed by atoms with Gasteiger partial charge in [-0.25, -0.2) is 4.98 Å². The highest BCUT2D eigenvalue weighted by molar-refractivity contribution is 8.00. The van der Waals surface area contributed by atoms with Gasteiger partial charge in [-0.15, -0.1) is 11.3 Å². The van der Waals surface area contributed by atoms with E-state index in [9.17, 15) is 4.79 Å². The first-order chi connectivity index (χ1) is 10.8. The molecule has 0 aliphatic rings. The molecule has 2 N–H and O–H groups in total. The average molecular weight is 331 g/mol. The number of hydrogen-bond donors (Lipinski definition) is 2. The number of hydrogen-bond acceptors (Lipinski definition) is 4. The molecule has 6 heteroatoms. The van der Waals surface area contributed by atoms with Crippen molar-refractivity contribution in [2.45, 2.75) is 24.2 Å². The van der Waals surface area contributed by atoms with Gasteiger partial charge in [0.1, 0.15) is 4.34 Å². The first-order valence-corrected chi connectivity index (χ1v) is 9.01. The highest BCUT2D eigenvalue weighted by Crippen LogP contribution is 2.22. The van der Waals surface area contributed by atoms with Gasteiger partial charge in [-0.05, 0) is 23.4 Å². The Bertz CT molecular complexity index is 778. The van der Waals surface area contributed by atoms with Crippen LogP contribution in [0.2, 0.25) is 0 Å². The Morgan fingerprint density at radius 1 is 1.41 bits per heavy atom. The number of carbonyl (C=O) groups is 1. The van der Waals surface area contributed by atoms with Crippen molar-refractivity contribution in [2.24, 2.45) is 0 Å². The van der Waals surface area contributed by atoms with Crippen LogP contribution in [-0.4, -0.2) is 21.6 Å². The summed E-state index contributed by atoms with van der Waals surface area (Å²) in [4.78, 5) is 19.7. The third-order valence-corrected chi connectivity index (χ3v) is 5.25. The van der Waals surface area contributed by atoms with E-state index >= 15 is 0 Å². The summed E-state index contributed by atoms with van der Waals surface area (Å²) < 4.78 is 1.03. The lowest BCUT2D eigenvalue weighted by Gasteiger charge is -2.06. The summed E-state index contributed by atoms with van der Waals surface area (Å²) in [6, 6.07) is 8.10. The number of nitrogens with zero attached hydrogens (tertiary/aromatic N) is 1. The van der Waals surface area contributed by atoms with E-state index in [1.807, 2.05) is 35.8 Å². The molecule has 114 valence electrons. The van der Waals surface area contributed by atoms with Crippen molar-refractivity contribution in [1.29, 1.82) is 0 Å². The minimum absolute atomic E-state index is 0.00545. The Morgan fingerprint density at radius 3 is 3.18 bits per heavy atom. The summed E-state index contributed by atoms with van der Waals surface area (Å²) in [5, 5.41) is 6.09. The fraction of sp³-hybridized carbons (Fsp3) is 0.250. The zero-order valence-electron chi connectivity index (χ0n) is 12.3. The summed E-state index contributed by atoms with van der Waals surface area (Å²) >= 11 is 3.31. The Hall–Kier alpha value is -1.79. The molecular weight excluding hydrogens is 314 g/mol. The highest BCUT2D eigenvalue weighted by atomic mass is 32.2. The topological polar surface area (TPSA) is 57.8 Å². The summed E-state index contributed by atoms with van der Waals surface area (Å²) in [5.41, 5.74) is 3.05. The SMILES string of the molecule is CCSc1nc(CC(=O)NCc2cccc3[nH]ccc23)cs1. The largest absolute Gasteiger partial charge is 0.361 e. The first-order valence-electron chi connectivity index (χ1n) is 7.15. The number of benzene rings is 1. The molecule has 0 unspecified atom stereocenters. The van der Waals surface area contributed by atoms with Gasteiger partial charge in [0.25, 0.3) is 0 Å². The number of thioether (sulfide) groups is 1. The van der Waals surface area contributed by atoms with Gasteiger partial charge < -0.3 is 10.3 Å². The van der Waals surface area contributed by atoms with E-state index in [-0.39, 0.29) is 5.91 Å². The van der Waals surface area contributed by atoms with E-state index in [2.05, 4.69) is 22.2 Å². The second-order valence-corrected chi connectivity index (χ2v) is 7.22. The number of thiazole rings is 1. The van der Waals surface area contributed by atoms with Gasteiger partial charge in [0, 0.05) is 29.0 Å². The molecule has 0 spiro atoms. The molecule has 0 saturated heterocycles. The third-order valence-electron chi connectivity index (χ3n) is 3.30. The van der Waals surface area contributed by atoms with E-state index < -0.39 is 0 Å². The van der Waals surface area contributed by atoms with Crippen LogP contribution in [0.25, 0.3) is 10.9 Å². The number of carbonyl (C=O) groups excluding carboxylic acids is 1. The van der Waals surface area contributed by atoms with Crippen LogP contribution in [0.3, 0.4) is 0 Å². The number of aromatic amines is 1. The van der Waals surface area contributed by atoms with Crippen molar-refractivity contribution in [3.8, 4) is 0 Å². The van der Waals surface area contributed by atoms with Gasteiger partial charge in [-0.1, -0.05) is 30.8 Å². The molecule has 0 aliphatic heterocycles. The summed E-state index contributed by atoms with van der Waals surface area (Å²) in [6.45, 7) is 2.63. The second-order valence-electron chi connectivity index (χ2n) is 4.85. The van der Waals surface area contributed by atoms with Crippen LogP contribution >= 0.6 is 23.1 Å². The molecule has 3 rings (SSSR count). The van der Waals surface area contributed by atoms with Crippen molar-refractivity contribution in [3.63, 3.8) is 0 Å². The molecule has 22 heavy (non-hydrogen) atoms. The molecule has 2 heterocycles. The van der Waals surface area contributed by atoms with E-state index in [1.165, 1.54) is 0 Å². The zero-order chi connectivity index (χ0) is 15.4. The van der Waals surface area contributed by atoms with Crippen molar-refractivity contribution in [3.05, 3.63) is 47.1 Å². The van der Waals surface area contributed by atoms with Gasteiger partial charge in [-0.3, -0.25) is 4.79 Å². The van der Waals surface area contributed by atoms with E-state index in [0.29, 0.717) is 13.0 Å². The second kappa shape index (κ2) is 6.98. The van der Waals surface area contributed by atoms with Crippen LogP contribution in [0.5, 0.6) is 0 Å². The first kappa shape index (κ1) is 15.1. The molecule has 1 amide bonds. The molecular formula is C16H17N3OS2. The molecule has 0 saturated carbocycles. The van der Waals surface area contributed by atoms with Gasteiger partial charge in [0.05, 0.1) is 12.1 Å². The van der Waals surface area contributed by atoms with E-state index in [0.717, 1.165) is 32.3 Å². The lowest BCUT2D eigenvalue weighted by molar-refractivity contribution is -0.120. The molecule has 0 radical (unpaired) electrons. The van der Waals surface area contributed by atoms with Crippen LogP contribution in [0.1, 0.15) is 18.2 Å². The molecule has 1 aromatic carbocycles. The maximum Gasteiger partial charge on any atom is 0.226 e. The lowest BCUT2D eigenvalue weighted by Crippen LogP contribution is -2.24. The Balaban J connectivity index is 1.59. The summed E-state index contributed by atoms with van der Waals surface area (Å²) in [6.07, 6.45) is 2.25. The van der Waals surface area contributed by atoms with Gasteiger partial charge >= 0.3 is 0 Å². The van der Waals surface area contributed by atoms with Crippen LogP contribution in [0.4, 0.5) is 0 Å². The number of amides is 1. The molecule has 0 atom stereocenters. The number of aromatic nitrogens is 2. The van der Waals surface area contributed by atoms with Crippen LogP contribution in [0.15, 0.2) is 40.2 Å². The fourth-order valence-electron chi connectivity index (χ4n) is 2.28. The fourth-order valence-corrected chi connectivity index (χ4v) is 4.03. The molecule has 2 aromatic heterocycles.